The third kappa shape index (κ3) is 2.49. The fourth-order valence-corrected chi connectivity index (χ4v) is 2.41. The van der Waals surface area contributed by atoms with Crippen LogP contribution in [0.2, 0.25) is 0 Å². The van der Waals surface area contributed by atoms with Gasteiger partial charge in [-0.3, -0.25) is 5.10 Å². The Hall–Kier alpha value is -1.81. The molecule has 0 bridgehead atoms. The molecule has 4 heteroatoms. The van der Waals surface area contributed by atoms with Crippen molar-refractivity contribution in [2.75, 3.05) is 14.2 Å². The normalized spacial score (nSPS) is 10.8. The van der Waals surface area contributed by atoms with E-state index < -0.39 is 0 Å². The largest absolute Gasteiger partial charge is 0.496 e. The van der Waals surface area contributed by atoms with Crippen LogP contribution in [0.25, 0.3) is 11.1 Å². The summed E-state index contributed by atoms with van der Waals surface area (Å²) >= 11 is 0. The van der Waals surface area contributed by atoms with Crippen LogP contribution < -0.4 is 10.1 Å². The van der Waals surface area contributed by atoms with Crippen LogP contribution in [0.3, 0.4) is 0 Å². The van der Waals surface area contributed by atoms with Gasteiger partial charge in [0.25, 0.3) is 0 Å². The molecule has 102 valence electrons. The van der Waals surface area contributed by atoms with Crippen molar-refractivity contribution in [2.24, 2.45) is 0 Å². The summed E-state index contributed by atoms with van der Waals surface area (Å²) in [7, 11) is 3.64. The number of nitrogens with zero attached hydrogens (tertiary/aromatic N) is 1. The molecule has 0 saturated carbocycles. The number of rotatable bonds is 4. The Labute approximate surface area is 114 Å². The highest BCUT2D eigenvalue weighted by molar-refractivity contribution is 5.73. The molecule has 1 heterocycles. The number of benzene rings is 1. The first-order valence-electron chi connectivity index (χ1n) is 6.42. The number of methoxy groups -OCH3 is 1. The number of aromatic nitrogens is 2. The molecule has 2 N–H and O–H groups in total. The molecule has 0 atom stereocenters. The van der Waals surface area contributed by atoms with Gasteiger partial charge in [-0.05, 0) is 56.6 Å². The predicted octanol–water partition coefficient (Wildman–Crippen LogP) is 2.73. The van der Waals surface area contributed by atoms with Crippen LogP contribution in [0.15, 0.2) is 12.1 Å². The van der Waals surface area contributed by atoms with E-state index in [1.54, 1.807) is 7.11 Å². The topological polar surface area (TPSA) is 49.9 Å². The van der Waals surface area contributed by atoms with Crippen LogP contribution in [-0.2, 0) is 6.54 Å². The number of aryl methyl sites for hydroxylation is 3. The number of hydrogen-bond donors (Lipinski definition) is 2. The lowest BCUT2D eigenvalue weighted by atomic mass is 9.96. The van der Waals surface area contributed by atoms with Crippen molar-refractivity contribution in [3.05, 3.63) is 34.6 Å². The number of H-pyrrole nitrogens is 1. The Balaban J connectivity index is 2.59. The molecule has 4 nitrogen and oxygen atoms in total. The van der Waals surface area contributed by atoms with Gasteiger partial charge in [-0.1, -0.05) is 0 Å². The molecule has 19 heavy (non-hydrogen) atoms. The summed E-state index contributed by atoms with van der Waals surface area (Å²) in [5.74, 6) is 0.928. The third-order valence-corrected chi connectivity index (χ3v) is 3.38. The molecule has 0 unspecified atom stereocenters. The standard InChI is InChI=1S/C15H21N3O/c1-9-7-14(19-5)10(2)6-12(9)15-11(3)17-18-13(15)8-16-4/h6-7,16H,8H2,1-5H3,(H,17,18). The molecule has 0 amide bonds. The molecule has 1 aromatic carbocycles. The maximum absolute atomic E-state index is 5.37. The first-order chi connectivity index (χ1) is 9.08. The van der Waals surface area contributed by atoms with E-state index in [0.29, 0.717) is 0 Å². The summed E-state index contributed by atoms with van der Waals surface area (Å²) in [6.45, 7) is 6.98. The highest BCUT2D eigenvalue weighted by Gasteiger charge is 2.15. The van der Waals surface area contributed by atoms with Crippen molar-refractivity contribution in [3.63, 3.8) is 0 Å². The van der Waals surface area contributed by atoms with E-state index in [4.69, 9.17) is 4.74 Å². The lowest BCUT2D eigenvalue weighted by Gasteiger charge is -2.12. The minimum absolute atomic E-state index is 0.754. The lowest BCUT2D eigenvalue weighted by Crippen LogP contribution is -2.07. The van der Waals surface area contributed by atoms with E-state index in [-0.39, 0.29) is 0 Å². The maximum Gasteiger partial charge on any atom is 0.122 e. The highest BCUT2D eigenvalue weighted by atomic mass is 16.5. The molecular formula is C15H21N3O. The van der Waals surface area contributed by atoms with Crippen LogP contribution in [-0.4, -0.2) is 24.4 Å². The summed E-state index contributed by atoms with van der Waals surface area (Å²) in [6, 6.07) is 4.26. The summed E-state index contributed by atoms with van der Waals surface area (Å²) in [5.41, 5.74) is 6.89. The number of aromatic amines is 1. The van der Waals surface area contributed by atoms with Gasteiger partial charge in [0, 0.05) is 17.8 Å². The zero-order valence-electron chi connectivity index (χ0n) is 12.2. The first kappa shape index (κ1) is 13.6. The van der Waals surface area contributed by atoms with Crippen LogP contribution in [0.1, 0.15) is 22.5 Å². The molecule has 2 rings (SSSR count). The minimum atomic E-state index is 0.754. The Kier molecular flexibility index (Phi) is 3.90. The van der Waals surface area contributed by atoms with Gasteiger partial charge >= 0.3 is 0 Å². The Morgan fingerprint density at radius 3 is 2.58 bits per heavy atom. The Morgan fingerprint density at radius 2 is 1.95 bits per heavy atom. The van der Waals surface area contributed by atoms with Gasteiger partial charge in [0.05, 0.1) is 12.8 Å². The monoisotopic (exact) mass is 259 g/mol. The Morgan fingerprint density at radius 1 is 1.21 bits per heavy atom. The zero-order valence-corrected chi connectivity index (χ0v) is 12.2. The van der Waals surface area contributed by atoms with E-state index in [2.05, 4.69) is 48.4 Å². The fraction of sp³-hybridized carbons (Fsp3) is 0.400. The van der Waals surface area contributed by atoms with Crippen LogP contribution in [0, 0.1) is 20.8 Å². The average Bonchev–Trinajstić information content (AvgIpc) is 2.73. The molecule has 0 radical (unpaired) electrons. The molecule has 0 spiro atoms. The van der Waals surface area contributed by atoms with Crippen molar-refractivity contribution < 1.29 is 4.74 Å². The van der Waals surface area contributed by atoms with Crippen molar-refractivity contribution in [3.8, 4) is 16.9 Å². The average molecular weight is 259 g/mol. The molecule has 0 aliphatic rings. The number of hydrogen-bond acceptors (Lipinski definition) is 3. The van der Waals surface area contributed by atoms with Crippen molar-refractivity contribution in [2.45, 2.75) is 27.3 Å². The van der Waals surface area contributed by atoms with E-state index in [0.717, 1.165) is 29.2 Å². The van der Waals surface area contributed by atoms with Crippen LogP contribution in [0.5, 0.6) is 5.75 Å². The Bertz CT molecular complexity index is 587. The molecule has 2 aromatic rings. The molecular weight excluding hydrogens is 238 g/mol. The van der Waals surface area contributed by atoms with Gasteiger partial charge in [-0.25, -0.2) is 0 Å². The molecule has 1 aromatic heterocycles. The van der Waals surface area contributed by atoms with Crippen molar-refractivity contribution in [1.82, 2.24) is 15.5 Å². The van der Waals surface area contributed by atoms with Crippen LogP contribution >= 0.6 is 0 Å². The van der Waals surface area contributed by atoms with Gasteiger partial charge < -0.3 is 10.1 Å². The molecule has 0 aliphatic carbocycles. The third-order valence-electron chi connectivity index (χ3n) is 3.38. The van der Waals surface area contributed by atoms with Gasteiger partial charge in [0.1, 0.15) is 5.75 Å². The summed E-state index contributed by atoms with van der Waals surface area (Å²) in [4.78, 5) is 0. The van der Waals surface area contributed by atoms with E-state index in [1.165, 1.54) is 16.7 Å². The van der Waals surface area contributed by atoms with E-state index in [9.17, 15) is 0 Å². The van der Waals surface area contributed by atoms with Gasteiger partial charge in [-0.2, -0.15) is 5.10 Å². The second-order valence-corrected chi connectivity index (χ2v) is 4.84. The predicted molar refractivity (Wildman–Crippen MR) is 77.6 cm³/mol. The van der Waals surface area contributed by atoms with Crippen molar-refractivity contribution >= 4 is 0 Å². The smallest absolute Gasteiger partial charge is 0.122 e. The van der Waals surface area contributed by atoms with E-state index >= 15 is 0 Å². The molecule has 0 fully saturated rings. The SMILES string of the molecule is CNCc1n[nH]c(C)c1-c1cc(C)c(OC)cc1C. The quantitative estimate of drug-likeness (QED) is 0.887. The zero-order chi connectivity index (χ0) is 14.0. The minimum Gasteiger partial charge on any atom is -0.496 e. The molecule has 0 aliphatic heterocycles. The van der Waals surface area contributed by atoms with Gasteiger partial charge in [0.15, 0.2) is 0 Å². The summed E-state index contributed by atoms with van der Waals surface area (Å²) < 4.78 is 5.37. The summed E-state index contributed by atoms with van der Waals surface area (Å²) in [6.07, 6.45) is 0. The lowest BCUT2D eigenvalue weighted by molar-refractivity contribution is 0.411. The van der Waals surface area contributed by atoms with E-state index in [1.807, 2.05) is 7.05 Å². The molecule has 0 saturated heterocycles. The maximum atomic E-state index is 5.37. The number of nitrogens with one attached hydrogen (secondary N) is 2. The number of ether oxygens (including phenoxy) is 1. The summed E-state index contributed by atoms with van der Waals surface area (Å²) in [5, 5.41) is 10.6. The highest BCUT2D eigenvalue weighted by Crippen LogP contribution is 2.33. The fourth-order valence-electron chi connectivity index (χ4n) is 2.41. The van der Waals surface area contributed by atoms with Crippen LogP contribution in [0.4, 0.5) is 0 Å². The van der Waals surface area contributed by atoms with Gasteiger partial charge in [0.2, 0.25) is 0 Å². The second-order valence-electron chi connectivity index (χ2n) is 4.84. The van der Waals surface area contributed by atoms with Gasteiger partial charge in [-0.15, -0.1) is 0 Å². The first-order valence-corrected chi connectivity index (χ1v) is 6.42. The second kappa shape index (κ2) is 5.45. The van der Waals surface area contributed by atoms with Crippen molar-refractivity contribution in [1.29, 1.82) is 0 Å².